The Kier molecular flexibility index (Phi) is 4.31. The van der Waals surface area contributed by atoms with Crippen LogP contribution in [0.15, 0.2) is 48.5 Å². The van der Waals surface area contributed by atoms with E-state index in [1.165, 1.54) is 5.56 Å². The highest BCUT2D eigenvalue weighted by Crippen LogP contribution is 2.14. The molecule has 0 fully saturated rings. The van der Waals surface area contributed by atoms with Crippen LogP contribution in [-0.4, -0.2) is 11.5 Å². The van der Waals surface area contributed by atoms with Gasteiger partial charge in [0.25, 0.3) is 0 Å². The molecule has 3 nitrogen and oxygen atoms in total. The second kappa shape index (κ2) is 6.17. The minimum atomic E-state index is 0.483. The first kappa shape index (κ1) is 12.6. The van der Waals surface area contributed by atoms with E-state index in [0.29, 0.717) is 6.54 Å². The van der Waals surface area contributed by atoms with Crippen molar-refractivity contribution in [3.63, 3.8) is 0 Å². The number of anilines is 1. The lowest BCUT2D eigenvalue weighted by Gasteiger charge is -2.22. The highest BCUT2D eigenvalue weighted by molar-refractivity contribution is 5.40. The zero-order chi connectivity index (χ0) is 12.8. The smallest absolute Gasteiger partial charge is 0.129 e. The molecule has 94 valence electrons. The Labute approximate surface area is 108 Å². The fourth-order valence-electron chi connectivity index (χ4n) is 1.92. The molecule has 2 N–H and O–H groups in total. The summed E-state index contributed by atoms with van der Waals surface area (Å²) in [6.45, 7) is 4.42. The fourth-order valence-corrected chi connectivity index (χ4v) is 1.92. The van der Waals surface area contributed by atoms with Gasteiger partial charge in [0.05, 0.1) is 5.69 Å². The maximum Gasteiger partial charge on any atom is 0.129 e. The molecule has 2 rings (SSSR count). The summed E-state index contributed by atoms with van der Waals surface area (Å²) in [4.78, 5) is 6.80. The van der Waals surface area contributed by atoms with Crippen molar-refractivity contribution in [2.45, 2.75) is 20.0 Å². The molecule has 1 aromatic carbocycles. The van der Waals surface area contributed by atoms with Crippen LogP contribution in [0, 0.1) is 0 Å². The van der Waals surface area contributed by atoms with Gasteiger partial charge in [0.2, 0.25) is 0 Å². The molecular formula is C15H19N3. The number of pyridine rings is 1. The third-order valence-corrected chi connectivity index (χ3v) is 2.92. The summed E-state index contributed by atoms with van der Waals surface area (Å²) < 4.78 is 0. The van der Waals surface area contributed by atoms with Gasteiger partial charge < -0.3 is 10.6 Å². The molecular weight excluding hydrogens is 222 g/mol. The van der Waals surface area contributed by atoms with Crippen molar-refractivity contribution in [3.05, 3.63) is 59.8 Å². The van der Waals surface area contributed by atoms with Crippen molar-refractivity contribution in [2.24, 2.45) is 5.73 Å². The Balaban J connectivity index is 2.17. The molecule has 1 heterocycles. The molecule has 2 aromatic rings. The number of benzene rings is 1. The van der Waals surface area contributed by atoms with Gasteiger partial charge in [0.1, 0.15) is 5.82 Å². The predicted molar refractivity (Wildman–Crippen MR) is 75.3 cm³/mol. The molecule has 0 spiro atoms. The SMILES string of the molecule is CCN(Cc1ccccc1)c1cccc(CN)n1. The van der Waals surface area contributed by atoms with E-state index in [0.717, 1.165) is 24.6 Å². The fraction of sp³-hybridized carbons (Fsp3) is 0.267. The van der Waals surface area contributed by atoms with Crippen LogP contribution in [0.5, 0.6) is 0 Å². The summed E-state index contributed by atoms with van der Waals surface area (Å²) in [5, 5.41) is 0. The molecule has 0 saturated heterocycles. The Morgan fingerprint density at radius 2 is 1.83 bits per heavy atom. The molecule has 0 aliphatic carbocycles. The van der Waals surface area contributed by atoms with Crippen LogP contribution in [0.1, 0.15) is 18.2 Å². The van der Waals surface area contributed by atoms with Gasteiger partial charge in [-0.25, -0.2) is 4.98 Å². The summed E-state index contributed by atoms with van der Waals surface area (Å²) in [6, 6.07) is 16.4. The minimum Gasteiger partial charge on any atom is -0.353 e. The lowest BCUT2D eigenvalue weighted by atomic mass is 10.2. The van der Waals surface area contributed by atoms with Crippen LogP contribution in [-0.2, 0) is 13.1 Å². The van der Waals surface area contributed by atoms with Crippen LogP contribution in [0.4, 0.5) is 5.82 Å². The first-order chi connectivity index (χ1) is 8.83. The lowest BCUT2D eigenvalue weighted by molar-refractivity contribution is 0.805. The van der Waals surface area contributed by atoms with E-state index >= 15 is 0 Å². The molecule has 0 bridgehead atoms. The second-order valence-corrected chi connectivity index (χ2v) is 4.19. The van der Waals surface area contributed by atoms with E-state index in [1.54, 1.807) is 0 Å². The van der Waals surface area contributed by atoms with Crippen LogP contribution >= 0.6 is 0 Å². The number of aromatic nitrogens is 1. The van der Waals surface area contributed by atoms with Gasteiger partial charge in [-0.05, 0) is 24.6 Å². The normalized spacial score (nSPS) is 10.3. The third kappa shape index (κ3) is 3.08. The molecule has 0 aliphatic heterocycles. The van der Waals surface area contributed by atoms with E-state index in [9.17, 15) is 0 Å². The van der Waals surface area contributed by atoms with E-state index < -0.39 is 0 Å². The molecule has 1 aromatic heterocycles. The van der Waals surface area contributed by atoms with Crippen molar-refractivity contribution in [1.82, 2.24) is 4.98 Å². The van der Waals surface area contributed by atoms with Gasteiger partial charge in [-0.3, -0.25) is 0 Å². The first-order valence-electron chi connectivity index (χ1n) is 6.28. The van der Waals surface area contributed by atoms with Gasteiger partial charge in [-0.15, -0.1) is 0 Å². The maximum atomic E-state index is 5.63. The monoisotopic (exact) mass is 241 g/mol. The molecule has 3 heteroatoms. The average molecular weight is 241 g/mol. The van der Waals surface area contributed by atoms with Crippen LogP contribution < -0.4 is 10.6 Å². The Morgan fingerprint density at radius 1 is 1.06 bits per heavy atom. The van der Waals surface area contributed by atoms with E-state index in [2.05, 4.69) is 41.1 Å². The predicted octanol–water partition coefficient (Wildman–Crippen LogP) is 2.57. The van der Waals surface area contributed by atoms with E-state index in [1.807, 2.05) is 24.3 Å². The van der Waals surface area contributed by atoms with Crippen molar-refractivity contribution < 1.29 is 0 Å². The summed E-state index contributed by atoms with van der Waals surface area (Å²) in [5.41, 5.74) is 7.85. The van der Waals surface area contributed by atoms with Crippen molar-refractivity contribution in [3.8, 4) is 0 Å². The Bertz CT molecular complexity index is 482. The van der Waals surface area contributed by atoms with Crippen LogP contribution in [0.2, 0.25) is 0 Å². The topological polar surface area (TPSA) is 42.1 Å². The second-order valence-electron chi connectivity index (χ2n) is 4.19. The quantitative estimate of drug-likeness (QED) is 0.874. The van der Waals surface area contributed by atoms with Gasteiger partial charge in [0.15, 0.2) is 0 Å². The zero-order valence-electron chi connectivity index (χ0n) is 10.7. The van der Waals surface area contributed by atoms with Crippen molar-refractivity contribution in [1.29, 1.82) is 0 Å². The molecule has 0 radical (unpaired) electrons. The summed E-state index contributed by atoms with van der Waals surface area (Å²) in [7, 11) is 0. The number of hydrogen-bond acceptors (Lipinski definition) is 3. The van der Waals surface area contributed by atoms with Gasteiger partial charge >= 0.3 is 0 Å². The Hall–Kier alpha value is -1.87. The number of rotatable bonds is 5. The highest BCUT2D eigenvalue weighted by Gasteiger charge is 2.06. The zero-order valence-corrected chi connectivity index (χ0v) is 10.7. The summed E-state index contributed by atoms with van der Waals surface area (Å²) in [6.07, 6.45) is 0. The standard InChI is InChI=1S/C15H19N3/c1-2-18(12-13-7-4-3-5-8-13)15-10-6-9-14(11-16)17-15/h3-10H,2,11-12,16H2,1H3. The molecule has 0 aliphatic rings. The lowest BCUT2D eigenvalue weighted by Crippen LogP contribution is -2.23. The number of nitrogens with two attached hydrogens (primary N) is 1. The maximum absolute atomic E-state index is 5.63. The highest BCUT2D eigenvalue weighted by atomic mass is 15.2. The average Bonchev–Trinajstić information content (AvgIpc) is 2.46. The summed E-state index contributed by atoms with van der Waals surface area (Å²) in [5.74, 6) is 0.990. The Morgan fingerprint density at radius 3 is 2.50 bits per heavy atom. The molecule has 0 saturated carbocycles. The molecule has 0 unspecified atom stereocenters. The molecule has 0 amide bonds. The van der Waals surface area contributed by atoms with Crippen molar-refractivity contribution in [2.75, 3.05) is 11.4 Å². The third-order valence-electron chi connectivity index (χ3n) is 2.92. The molecule has 18 heavy (non-hydrogen) atoms. The molecule has 0 atom stereocenters. The summed E-state index contributed by atoms with van der Waals surface area (Å²) >= 11 is 0. The first-order valence-corrected chi connectivity index (χ1v) is 6.28. The number of hydrogen-bond donors (Lipinski definition) is 1. The van der Waals surface area contributed by atoms with Gasteiger partial charge in [0, 0.05) is 19.6 Å². The minimum absolute atomic E-state index is 0.483. The van der Waals surface area contributed by atoms with Crippen molar-refractivity contribution >= 4 is 5.82 Å². The van der Waals surface area contributed by atoms with E-state index in [4.69, 9.17) is 5.73 Å². The van der Waals surface area contributed by atoms with Crippen LogP contribution in [0.25, 0.3) is 0 Å². The van der Waals surface area contributed by atoms with Gasteiger partial charge in [-0.2, -0.15) is 0 Å². The largest absolute Gasteiger partial charge is 0.353 e. The number of nitrogens with zero attached hydrogens (tertiary/aromatic N) is 2. The van der Waals surface area contributed by atoms with Gasteiger partial charge in [-0.1, -0.05) is 36.4 Å². The van der Waals surface area contributed by atoms with Crippen LogP contribution in [0.3, 0.4) is 0 Å². The van der Waals surface area contributed by atoms with E-state index in [-0.39, 0.29) is 0 Å².